The lowest BCUT2D eigenvalue weighted by Gasteiger charge is -2.33. The summed E-state index contributed by atoms with van der Waals surface area (Å²) in [6.07, 6.45) is 7.06. The normalized spacial score (nSPS) is 23.7. The van der Waals surface area contributed by atoms with Crippen molar-refractivity contribution in [1.29, 1.82) is 0 Å². The van der Waals surface area contributed by atoms with Crippen LogP contribution < -0.4 is 5.32 Å². The Morgan fingerprint density at radius 1 is 1.21 bits per heavy atom. The topological polar surface area (TPSA) is 24.9 Å². The summed E-state index contributed by atoms with van der Waals surface area (Å²) in [5.74, 6) is 0. The van der Waals surface area contributed by atoms with E-state index in [1.54, 1.807) is 0 Å². The second kappa shape index (κ2) is 3.06. The highest BCUT2D eigenvalue weighted by Gasteiger charge is 2.40. The molecule has 0 radical (unpaired) electrons. The minimum Gasteiger partial charge on any atom is -0.317 e. The number of hydrogen-bond donors (Lipinski definition) is 1. The first-order valence-corrected chi connectivity index (χ1v) is 5.56. The van der Waals surface area contributed by atoms with Crippen LogP contribution in [-0.4, -0.2) is 18.1 Å². The zero-order valence-electron chi connectivity index (χ0n) is 8.42. The highest BCUT2D eigenvalue weighted by Crippen LogP contribution is 2.43. The van der Waals surface area contributed by atoms with Crippen LogP contribution in [-0.2, 0) is 11.8 Å². The van der Waals surface area contributed by atoms with Crippen molar-refractivity contribution in [2.45, 2.75) is 31.1 Å². The van der Waals surface area contributed by atoms with E-state index in [9.17, 15) is 0 Å². The average Bonchev–Trinajstić information content (AvgIpc) is 2.60. The molecule has 1 saturated heterocycles. The predicted molar refractivity (Wildman–Crippen MR) is 56.3 cm³/mol. The van der Waals surface area contributed by atoms with Crippen LogP contribution >= 0.6 is 0 Å². The Kier molecular flexibility index (Phi) is 1.84. The van der Waals surface area contributed by atoms with E-state index in [1.165, 1.54) is 36.9 Å². The van der Waals surface area contributed by atoms with Gasteiger partial charge in [-0.15, -0.1) is 0 Å². The molecule has 3 rings (SSSR count). The molecule has 1 aliphatic carbocycles. The maximum absolute atomic E-state index is 4.61. The van der Waals surface area contributed by atoms with Crippen LogP contribution in [0.4, 0.5) is 0 Å². The quantitative estimate of drug-likeness (QED) is 0.669. The fourth-order valence-corrected chi connectivity index (χ4v) is 3.00. The predicted octanol–water partition coefficient (Wildman–Crippen LogP) is 1.65. The third kappa shape index (κ3) is 1.10. The average molecular weight is 188 g/mol. The lowest BCUT2D eigenvalue weighted by Crippen LogP contribution is -2.38. The number of aromatic nitrogens is 1. The maximum Gasteiger partial charge on any atom is 0.0498 e. The molecule has 0 atom stereocenters. The summed E-state index contributed by atoms with van der Waals surface area (Å²) in [5.41, 5.74) is 3.33. The van der Waals surface area contributed by atoms with Crippen LogP contribution in [0.2, 0.25) is 0 Å². The Labute approximate surface area is 84.7 Å². The first kappa shape index (κ1) is 8.42. The molecule has 2 aliphatic rings. The summed E-state index contributed by atoms with van der Waals surface area (Å²) in [5, 5.41) is 3.44. The third-order valence-electron chi connectivity index (χ3n) is 3.83. The fourth-order valence-electron chi connectivity index (χ4n) is 3.00. The van der Waals surface area contributed by atoms with Crippen molar-refractivity contribution in [1.82, 2.24) is 10.3 Å². The molecule has 0 amide bonds. The largest absolute Gasteiger partial charge is 0.317 e. The molecule has 0 bridgehead atoms. The van der Waals surface area contributed by atoms with Gasteiger partial charge >= 0.3 is 0 Å². The molecule has 1 aliphatic heterocycles. The van der Waals surface area contributed by atoms with Gasteiger partial charge in [0, 0.05) is 17.3 Å². The molecule has 1 fully saturated rings. The number of piperidine rings is 1. The van der Waals surface area contributed by atoms with Gasteiger partial charge < -0.3 is 5.32 Å². The summed E-state index contributed by atoms with van der Waals surface area (Å²) >= 11 is 0. The number of nitrogens with one attached hydrogen (secondary N) is 1. The summed E-state index contributed by atoms with van der Waals surface area (Å²) in [4.78, 5) is 4.61. The van der Waals surface area contributed by atoms with Crippen LogP contribution in [0.15, 0.2) is 18.3 Å². The Morgan fingerprint density at radius 2 is 2.07 bits per heavy atom. The highest BCUT2D eigenvalue weighted by atomic mass is 14.9. The Morgan fingerprint density at radius 3 is 2.93 bits per heavy atom. The van der Waals surface area contributed by atoms with Crippen LogP contribution in [0, 0.1) is 0 Å². The third-order valence-corrected chi connectivity index (χ3v) is 3.83. The van der Waals surface area contributed by atoms with Gasteiger partial charge in [0.05, 0.1) is 0 Å². The van der Waals surface area contributed by atoms with Crippen LogP contribution in [0.3, 0.4) is 0 Å². The highest BCUT2D eigenvalue weighted by molar-refractivity contribution is 5.34. The molecule has 2 heterocycles. The Bertz CT molecular complexity index is 334. The van der Waals surface area contributed by atoms with Gasteiger partial charge in [-0.1, -0.05) is 6.07 Å². The van der Waals surface area contributed by atoms with E-state index in [0.717, 1.165) is 13.1 Å². The van der Waals surface area contributed by atoms with Gasteiger partial charge in [0.15, 0.2) is 0 Å². The van der Waals surface area contributed by atoms with Crippen molar-refractivity contribution >= 4 is 0 Å². The summed E-state index contributed by atoms with van der Waals surface area (Å²) in [6.45, 7) is 2.33. The van der Waals surface area contributed by atoms with Gasteiger partial charge in [0.1, 0.15) is 0 Å². The molecular weight excluding hydrogens is 172 g/mol. The van der Waals surface area contributed by atoms with Gasteiger partial charge in [-0.3, -0.25) is 4.98 Å². The van der Waals surface area contributed by atoms with Gasteiger partial charge in [0.2, 0.25) is 0 Å². The summed E-state index contributed by atoms with van der Waals surface area (Å²) in [7, 11) is 0. The number of hydrogen-bond acceptors (Lipinski definition) is 2. The molecule has 1 N–H and O–H groups in total. The van der Waals surface area contributed by atoms with Gasteiger partial charge in [-0.2, -0.15) is 0 Å². The van der Waals surface area contributed by atoms with Crippen molar-refractivity contribution in [3.63, 3.8) is 0 Å². The van der Waals surface area contributed by atoms with E-state index >= 15 is 0 Å². The summed E-state index contributed by atoms with van der Waals surface area (Å²) < 4.78 is 0. The lowest BCUT2D eigenvalue weighted by molar-refractivity contribution is 0.300. The van der Waals surface area contributed by atoms with Crippen LogP contribution in [0.1, 0.15) is 30.5 Å². The molecule has 1 aromatic rings. The minimum atomic E-state index is 0.432. The maximum atomic E-state index is 4.61. The zero-order valence-corrected chi connectivity index (χ0v) is 8.42. The van der Waals surface area contributed by atoms with E-state index in [0.29, 0.717) is 5.41 Å². The van der Waals surface area contributed by atoms with Gasteiger partial charge in [0.25, 0.3) is 0 Å². The van der Waals surface area contributed by atoms with Crippen molar-refractivity contribution < 1.29 is 0 Å². The van der Waals surface area contributed by atoms with Crippen LogP contribution in [0.25, 0.3) is 0 Å². The second-order valence-corrected chi connectivity index (χ2v) is 4.54. The molecule has 0 unspecified atom stereocenters. The van der Waals surface area contributed by atoms with Crippen molar-refractivity contribution in [3.05, 3.63) is 29.6 Å². The monoisotopic (exact) mass is 188 g/mol. The van der Waals surface area contributed by atoms with Crippen molar-refractivity contribution in [3.8, 4) is 0 Å². The molecule has 0 saturated carbocycles. The van der Waals surface area contributed by atoms with E-state index < -0.39 is 0 Å². The van der Waals surface area contributed by atoms with Gasteiger partial charge in [-0.05, 0) is 50.4 Å². The van der Waals surface area contributed by atoms with E-state index in [-0.39, 0.29) is 0 Å². The molecule has 1 spiro atoms. The molecule has 2 nitrogen and oxygen atoms in total. The zero-order chi connectivity index (χ0) is 9.43. The Hall–Kier alpha value is -0.890. The lowest BCUT2D eigenvalue weighted by atomic mass is 9.77. The first-order chi connectivity index (χ1) is 6.91. The molecule has 0 aromatic carbocycles. The van der Waals surface area contributed by atoms with E-state index in [2.05, 4.69) is 22.4 Å². The number of nitrogens with zero attached hydrogens (tertiary/aromatic N) is 1. The molecule has 1 aromatic heterocycles. The molecule has 2 heteroatoms. The van der Waals surface area contributed by atoms with E-state index in [4.69, 9.17) is 0 Å². The summed E-state index contributed by atoms with van der Waals surface area (Å²) in [6, 6.07) is 4.32. The van der Waals surface area contributed by atoms with Crippen LogP contribution in [0.5, 0.6) is 0 Å². The standard InChI is InChI=1S/C12H16N2/c1-2-10-3-4-12(11(10)14-7-1)5-8-13-9-6-12/h1-2,7,13H,3-6,8-9H2. The smallest absolute Gasteiger partial charge is 0.0498 e. The molecular formula is C12H16N2. The van der Waals surface area contributed by atoms with Crippen molar-refractivity contribution in [2.24, 2.45) is 0 Å². The number of fused-ring (bicyclic) bond motifs is 2. The number of rotatable bonds is 0. The fraction of sp³-hybridized carbons (Fsp3) is 0.583. The number of aryl methyl sites for hydroxylation is 1. The van der Waals surface area contributed by atoms with E-state index in [1.807, 2.05) is 6.20 Å². The molecule has 14 heavy (non-hydrogen) atoms. The van der Waals surface area contributed by atoms with Crippen molar-refractivity contribution in [2.75, 3.05) is 13.1 Å². The number of pyridine rings is 1. The first-order valence-electron chi connectivity index (χ1n) is 5.56. The molecule has 74 valence electrons. The Balaban J connectivity index is 2.03. The van der Waals surface area contributed by atoms with Gasteiger partial charge in [-0.25, -0.2) is 0 Å². The second-order valence-electron chi connectivity index (χ2n) is 4.54. The SMILES string of the molecule is c1cnc2c(c1)CCC21CCNCC1. The minimum absolute atomic E-state index is 0.432.